The zero-order valence-corrected chi connectivity index (χ0v) is 9.96. The molecule has 0 bridgehead atoms. The molecule has 0 amide bonds. The third-order valence-corrected chi connectivity index (χ3v) is 2.99. The number of aromatic nitrogens is 1. The highest BCUT2D eigenvalue weighted by molar-refractivity contribution is 7.09. The van der Waals surface area contributed by atoms with Crippen molar-refractivity contribution >= 4 is 17.0 Å². The van der Waals surface area contributed by atoms with Crippen molar-refractivity contribution in [2.75, 3.05) is 12.4 Å². The molecule has 84 valence electrons. The van der Waals surface area contributed by atoms with E-state index >= 15 is 0 Å². The number of nitrogens with one attached hydrogen (secondary N) is 1. The summed E-state index contributed by atoms with van der Waals surface area (Å²) in [5.41, 5.74) is 2.17. The maximum atomic E-state index is 5.03. The summed E-state index contributed by atoms with van der Waals surface area (Å²) in [4.78, 5) is 4.45. The van der Waals surface area contributed by atoms with Crippen LogP contribution in [0, 0.1) is 0 Å². The van der Waals surface area contributed by atoms with Crippen LogP contribution >= 0.6 is 11.3 Å². The minimum atomic E-state index is 0.593. The number of ether oxygens (including phenoxy) is 1. The second-order valence-corrected chi connectivity index (χ2v) is 4.33. The van der Waals surface area contributed by atoms with Gasteiger partial charge >= 0.3 is 0 Å². The molecule has 0 saturated carbocycles. The molecule has 0 aliphatic heterocycles. The van der Waals surface area contributed by atoms with Gasteiger partial charge in [0.25, 0.3) is 0 Å². The third-order valence-electron chi connectivity index (χ3n) is 2.11. The lowest BCUT2D eigenvalue weighted by atomic mass is 10.3. The van der Waals surface area contributed by atoms with Crippen LogP contribution < -0.4 is 5.32 Å². The number of benzene rings is 1. The Morgan fingerprint density at radius 3 is 2.88 bits per heavy atom. The molecule has 0 radical (unpaired) electrons. The summed E-state index contributed by atoms with van der Waals surface area (Å²) in [6.45, 7) is 1.35. The van der Waals surface area contributed by atoms with Gasteiger partial charge in [-0.2, -0.15) is 0 Å². The normalized spacial score (nSPS) is 10.3. The fraction of sp³-hybridized carbons (Fsp3) is 0.250. The minimum absolute atomic E-state index is 0.593. The van der Waals surface area contributed by atoms with E-state index in [9.17, 15) is 0 Å². The van der Waals surface area contributed by atoms with E-state index in [1.54, 1.807) is 18.4 Å². The topological polar surface area (TPSA) is 34.1 Å². The molecule has 1 heterocycles. The fourth-order valence-corrected chi connectivity index (χ4v) is 2.13. The smallest absolute Gasteiger partial charge is 0.119 e. The highest BCUT2D eigenvalue weighted by Crippen LogP contribution is 2.12. The Balaban J connectivity index is 1.89. The number of hydrogen-bond acceptors (Lipinski definition) is 4. The first-order valence-corrected chi connectivity index (χ1v) is 5.97. The van der Waals surface area contributed by atoms with Crippen LogP contribution in [0.25, 0.3) is 0 Å². The van der Waals surface area contributed by atoms with Crippen LogP contribution in [0.4, 0.5) is 5.69 Å². The largest absolute Gasteiger partial charge is 0.379 e. The minimum Gasteiger partial charge on any atom is -0.379 e. The summed E-state index contributed by atoms with van der Waals surface area (Å²) in [7, 11) is 1.68. The van der Waals surface area contributed by atoms with E-state index in [1.807, 2.05) is 30.3 Å². The molecule has 0 saturated heterocycles. The lowest BCUT2D eigenvalue weighted by Crippen LogP contribution is -1.99. The Kier molecular flexibility index (Phi) is 3.91. The first kappa shape index (κ1) is 11.1. The second-order valence-electron chi connectivity index (χ2n) is 3.39. The van der Waals surface area contributed by atoms with Gasteiger partial charge < -0.3 is 10.1 Å². The van der Waals surface area contributed by atoms with Crippen molar-refractivity contribution < 1.29 is 4.74 Å². The molecule has 4 heteroatoms. The van der Waals surface area contributed by atoms with E-state index in [0.29, 0.717) is 6.61 Å². The molecule has 0 spiro atoms. The van der Waals surface area contributed by atoms with Crippen LogP contribution in [-0.4, -0.2) is 12.1 Å². The van der Waals surface area contributed by atoms with Crippen molar-refractivity contribution in [2.45, 2.75) is 13.2 Å². The van der Waals surface area contributed by atoms with E-state index < -0.39 is 0 Å². The maximum Gasteiger partial charge on any atom is 0.119 e. The predicted octanol–water partition coefficient (Wildman–Crippen LogP) is 2.90. The Labute approximate surface area is 99.1 Å². The standard InChI is InChI=1S/C12H14N2OS/c1-15-8-12-14-11(9-16-12)7-13-10-5-3-2-4-6-10/h2-6,9,13H,7-8H2,1H3. The summed E-state index contributed by atoms with van der Waals surface area (Å²) in [6.07, 6.45) is 0. The maximum absolute atomic E-state index is 5.03. The molecular weight excluding hydrogens is 220 g/mol. The first-order chi connectivity index (χ1) is 7.88. The number of rotatable bonds is 5. The van der Waals surface area contributed by atoms with Crippen molar-refractivity contribution in [3.63, 3.8) is 0 Å². The highest BCUT2D eigenvalue weighted by Gasteiger charge is 2.01. The van der Waals surface area contributed by atoms with E-state index in [4.69, 9.17) is 4.74 Å². The number of methoxy groups -OCH3 is 1. The van der Waals surface area contributed by atoms with E-state index in [2.05, 4.69) is 15.7 Å². The summed E-state index contributed by atoms with van der Waals surface area (Å²) in [5, 5.41) is 6.40. The Morgan fingerprint density at radius 2 is 2.12 bits per heavy atom. The van der Waals surface area contributed by atoms with Gasteiger partial charge in [-0.1, -0.05) is 18.2 Å². The number of para-hydroxylation sites is 1. The fourth-order valence-electron chi connectivity index (χ4n) is 1.37. The molecule has 2 aromatic rings. The molecule has 16 heavy (non-hydrogen) atoms. The number of thiazole rings is 1. The monoisotopic (exact) mass is 234 g/mol. The van der Waals surface area contributed by atoms with Gasteiger partial charge in [0.05, 0.1) is 18.8 Å². The number of nitrogens with zero attached hydrogens (tertiary/aromatic N) is 1. The Hall–Kier alpha value is -1.39. The van der Waals surface area contributed by atoms with Gasteiger partial charge in [-0.3, -0.25) is 0 Å². The molecule has 1 aromatic carbocycles. The quantitative estimate of drug-likeness (QED) is 0.863. The zero-order chi connectivity index (χ0) is 11.2. The third kappa shape index (κ3) is 3.05. The van der Waals surface area contributed by atoms with Crippen LogP contribution in [0.15, 0.2) is 35.7 Å². The molecule has 1 N–H and O–H groups in total. The van der Waals surface area contributed by atoms with Crippen molar-refractivity contribution in [1.29, 1.82) is 0 Å². The van der Waals surface area contributed by atoms with Gasteiger partial charge in [-0.25, -0.2) is 4.98 Å². The summed E-state index contributed by atoms with van der Waals surface area (Å²) in [6, 6.07) is 10.1. The van der Waals surface area contributed by atoms with Crippen molar-refractivity contribution in [2.24, 2.45) is 0 Å². The molecule has 0 aliphatic rings. The average molecular weight is 234 g/mol. The lowest BCUT2D eigenvalue weighted by molar-refractivity contribution is 0.184. The molecule has 1 aromatic heterocycles. The summed E-state index contributed by atoms with van der Waals surface area (Å²) >= 11 is 1.63. The lowest BCUT2D eigenvalue weighted by Gasteiger charge is -2.02. The van der Waals surface area contributed by atoms with E-state index in [1.165, 1.54) is 0 Å². The zero-order valence-electron chi connectivity index (χ0n) is 9.14. The van der Waals surface area contributed by atoms with Crippen molar-refractivity contribution in [3.05, 3.63) is 46.4 Å². The van der Waals surface area contributed by atoms with Crippen LogP contribution in [0.3, 0.4) is 0 Å². The number of hydrogen-bond donors (Lipinski definition) is 1. The van der Waals surface area contributed by atoms with Crippen LogP contribution in [-0.2, 0) is 17.9 Å². The van der Waals surface area contributed by atoms with E-state index in [0.717, 1.165) is 22.9 Å². The SMILES string of the molecule is COCc1nc(CNc2ccccc2)cs1. The van der Waals surface area contributed by atoms with Crippen molar-refractivity contribution in [1.82, 2.24) is 4.98 Å². The molecule has 2 rings (SSSR count). The highest BCUT2D eigenvalue weighted by atomic mass is 32.1. The van der Waals surface area contributed by atoms with Crippen molar-refractivity contribution in [3.8, 4) is 0 Å². The van der Waals surface area contributed by atoms with Crippen LogP contribution in [0.5, 0.6) is 0 Å². The van der Waals surface area contributed by atoms with Crippen LogP contribution in [0.2, 0.25) is 0 Å². The summed E-state index contributed by atoms with van der Waals surface area (Å²) in [5.74, 6) is 0. The molecule has 0 atom stereocenters. The Bertz CT molecular complexity index is 428. The van der Waals surface area contributed by atoms with Gasteiger partial charge in [0.2, 0.25) is 0 Å². The molecule has 0 unspecified atom stereocenters. The van der Waals surface area contributed by atoms with Gasteiger partial charge in [-0.15, -0.1) is 11.3 Å². The molecule has 0 fully saturated rings. The van der Waals surface area contributed by atoms with Gasteiger partial charge in [-0.05, 0) is 12.1 Å². The Morgan fingerprint density at radius 1 is 1.31 bits per heavy atom. The van der Waals surface area contributed by atoms with Crippen LogP contribution in [0.1, 0.15) is 10.7 Å². The number of anilines is 1. The van der Waals surface area contributed by atoms with Gasteiger partial charge in [0.15, 0.2) is 0 Å². The predicted molar refractivity (Wildman–Crippen MR) is 66.6 cm³/mol. The molecular formula is C12H14N2OS. The summed E-state index contributed by atoms with van der Waals surface area (Å²) < 4.78 is 5.03. The van der Waals surface area contributed by atoms with Gasteiger partial charge in [0, 0.05) is 18.2 Å². The van der Waals surface area contributed by atoms with Gasteiger partial charge in [0.1, 0.15) is 5.01 Å². The van der Waals surface area contributed by atoms with E-state index in [-0.39, 0.29) is 0 Å². The molecule has 0 aliphatic carbocycles. The molecule has 3 nitrogen and oxygen atoms in total. The first-order valence-electron chi connectivity index (χ1n) is 5.09. The average Bonchev–Trinajstić information content (AvgIpc) is 2.76. The second kappa shape index (κ2) is 5.63.